The molecule has 8 heteroatoms. The molecule has 2 aromatic carbocycles. The molecule has 1 aliphatic rings. The van der Waals surface area contributed by atoms with Crippen LogP contribution in [0.5, 0.6) is 11.5 Å². The fourth-order valence-electron chi connectivity index (χ4n) is 4.02. The first-order chi connectivity index (χ1) is 15.9. The highest BCUT2D eigenvalue weighted by atomic mass is 16.5. The molecule has 0 saturated carbocycles. The number of aryl methyl sites for hydroxylation is 1. The van der Waals surface area contributed by atoms with Crippen molar-refractivity contribution in [3.63, 3.8) is 0 Å². The fourth-order valence-corrected chi connectivity index (χ4v) is 4.02. The lowest BCUT2D eigenvalue weighted by molar-refractivity contribution is -0.130. The number of nitrogens with zero attached hydrogens (tertiary/aromatic N) is 4. The van der Waals surface area contributed by atoms with Gasteiger partial charge in [-0.1, -0.05) is 12.1 Å². The quantitative estimate of drug-likeness (QED) is 0.599. The minimum atomic E-state index is -0.120. The molecule has 0 spiro atoms. The smallest absolute Gasteiger partial charge is 0.272 e. The summed E-state index contributed by atoms with van der Waals surface area (Å²) in [6, 6.07) is 15.2. The van der Waals surface area contributed by atoms with Crippen molar-refractivity contribution in [2.24, 2.45) is 0 Å². The van der Waals surface area contributed by atoms with Crippen LogP contribution in [0.3, 0.4) is 0 Å². The van der Waals surface area contributed by atoms with Crippen LogP contribution in [0.2, 0.25) is 0 Å². The van der Waals surface area contributed by atoms with Gasteiger partial charge in [-0.2, -0.15) is 5.10 Å². The van der Waals surface area contributed by atoms with E-state index in [9.17, 15) is 9.59 Å². The summed E-state index contributed by atoms with van der Waals surface area (Å²) in [5, 5.41) is 4.80. The lowest BCUT2D eigenvalue weighted by atomic mass is 10.1. The molecular formula is C25H28N4O4. The molecule has 2 heterocycles. The van der Waals surface area contributed by atoms with Crippen molar-refractivity contribution < 1.29 is 19.1 Å². The van der Waals surface area contributed by atoms with Crippen LogP contribution in [0.15, 0.2) is 48.5 Å². The van der Waals surface area contributed by atoms with Gasteiger partial charge >= 0.3 is 0 Å². The zero-order valence-corrected chi connectivity index (χ0v) is 19.4. The first kappa shape index (κ1) is 22.4. The molecule has 1 aliphatic heterocycles. The summed E-state index contributed by atoms with van der Waals surface area (Å²) in [7, 11) is 3.19. The number of ether oxygens (including phenoxy) is 2. The number of benzene rings is 2. The van der Waals surface area contributed by atoms with Crippen LogP contribution in [-0.2, 0) is 4.79 Å². The Morgan fingerprint density at radius 3 is 2.27 bits per heavy atom. The largest absolute Gasteiger partial charge is 0.497 e. The van der Waals surface area contributed by atoms with E-state index in [0.717, 1.165) is 16.8 Å². The molecule has 8 nitrogen and oxygen atoms in total. The molecule has 0 bridgehead atoms. The lowest BCUT2D eigenvalue weighted by Gasteiger charge is -2.34. The number of aromatic nitrogens is 2. The van der Waals surface area contributed by atoms with Crippen LogP contribution < -0.4 is 9.47 Å². The number of hydrogen-bond donors (Lipinski definition) is 0. The third-order valence-electron chi connectivity index (χ3n) is 5.87. The van der Waals surface area contributed by atoms with Gasteiger partial charge in [-0.25, -0.2) is 4.68 Å². The summed E-state index contributed by atoms with van der Waals surface area (Å²) in [5.41, 5.74) is 3.73. The van der Waals surface area contributed by atoms with E-state index in [1.165, 1.54) is 0 Å². The second-order valence-electron chi connectivity index (χ2n) is 8.03. The zero-order chi connectivity index (χ0) is 23.5. The third kappa shape index (κ3) is 4.55. The second kappa shape index (κ2) is 9.36. The van der Waals surface area contributed by atoms with Gasteiger partial charge in [-0.05, 0) is 42.8 Å². The van der Waals surface area contributed by atoms with Crippen molar-refractivity contribution >= 4 is 11.8 Å². The first-order valence-corrected chi connectivity index (χ1v) is 10.9. The van der Waals surface area contributed by atoms with E-state index in [1.807, 2.05) is 43.3 Å². The molecule has 0 unspecified atom stereocenters. The normalized spacial score (nSPS) is 13.7. The molecule has 0 atom stereocenters. The standard InChI is InChI=1S/C25H28N4O4/c1-17-6-5-7-19(14-17)29-23(25(31)28-12-10-27(11-13-28)18(2)30)16-22(26-29)21-9-8-20(32-3)15-24(21)33-4/h5-9,14-16H,10-13H2,1-4H3. The van der Waals surface area contributed by atoms with Crippen molar-refractivity contribution in [3.05, 3.63) is 59.8 Å². The number of amides is 2. The van der Waals surface area contributed by atoms with Crippen LogP contribution in [0, 0.1) is 6.92 Å². The number of carbonyl (C=O) groups excluding carboxylic acids is 2. The SMILES string of the molecule is COc1ccc(-c2cc(C(=O)N3CCN(C(C)=O)CC3)n(-c3cccc(C)c3)n2)c(OC)c1. The summed E-state index contributed by atoms with van der Waals surface area (Å²) >= 11 is 0. The van der Waals surface area contributed by atoms with Gasteiger partial charge in [-0.15, -0.1) is 0 Å². The predicted octanol–water partition coefficient (Wildman–Crippen LogP) is 3.17. The summed E-state index contributed by atoms with van der Waals surface area (Å²) in [6.07, 6.45) is 0. The van der Waals surface area contributed by atoms with Crippen molar-refractivity contribution in [1.82, 2.24) is 19.6 Å². The highest BCUT2D eigenvalue weighted by Gasteiger charge is 2.27. The predicted molar refractivity (Wildman–Crippen MR) is 125 cm³/mol. The summed E-state index contributed by atoms with van der Waals surface area (Å²) in [4.78, 5) is 28.8. The minimum absolute atomic E-state index is 0.0285. The number of hydrogen-bond acceptors (Lipinski definition) is 5. The lowest BCUT2D eigenvalue weighted by Crippen LogP contribution is -2.50. The Morgan fingerprint density at radius 2 is 1.64 bits per heavy atom. The molecular weight excluding hydrogens is 420 g/mol. The van der Waals surface area contributed by atoms with Crippen molar-refractivity contribution in [2.75, 3.05) is 40.4 Å². The van der Waals surface area contributed by atoms with Gasteiger partial charge in [0.05, 0.1) is 25.6 Å². The molecule has 172 valence electrons. The Morgan fingerprint density at radius 1 is 0.909 bits per heavy atom. The molecule has 0 radical (unpaired) electrons. The minimum Gasteiger partial charge on any atom is -0.497 e. The number of methoxy groups -OCH3 is 2. The first-order valence-electron chi connectivity index (χ1n) is 10.9. The van der Waals surface area contributed by atoms with E-state index in [2.05, 4.69) is 0 Å². The zero-order valence-electron chi connectivity index (χ0n) is 19.4. The van der Waals surface area contributed by atoms with Crippen LogP contribution in [0.4, 0.5) is 0 Å². The summed E-state index contributed by atoms with van der Waals surface area (Å²) in [5.74, 6) is 1.19. The second-order valence-corrected chi connectivity index (χ2v) is 8.03. The van der Waals surface area contributed by atoms with E-state index in [-0.39, 0.29) is 11.8 Å². The summed E-state index contributed by atoms with van der Waals surface area (Å²) < 4.78 is 12.6. The van der Waals surface area contributed by atoms with Crippen molar-refractivity contribution in [1.29, 1.82) is 0 Å². The van der Waals surface area contributed by atoms with E-state index in [1.54, 1.807) is 47.8 Å². The van der Waals surface area contributed by atoms with Crippen LogP contribution in [0.25, 0.3) is 16.9 Å². The van der Waals surface area contributed by atoms with Crippen molar-refractivity contribution in [3.8, 4) is 28.4 Å². The van der Waals surface area contributed by atoms with Gasteiger partial charge in [0, 0.05) is 44.7 Å². The number of rotatable bonds is 5. The van der Waals surface area contributed by atoms with Crippen LogP contribution in [0.1, 0.15) is 23.0 Å². The average molecular weight is 449 g/mol. The molecule has 1 aromatic heterocycles. The molecule has 33 heavy (non-hydrogen) atoms. The molecule has 1 saturated heterocycles. The molecule has 1 fully saturated rings. The van der Waals surface area contributed by atoms with Crippen LogP contribution in [-0.4, -0.2) is 71.8 Å². The van der Waals surface area contributed by atoms with Crippen LogP contribution >= 0.6 is 0 Å². The van der Waals surface area contributed by atoms with Gasteiger partial charge in [0.2, 0.25) is 5.91 Å². The van der Waals surface area contributed by atoms with Gasteiger partial charge in [0.1, 0.15) is 17.2 Å². The van der Waals surface area contributed by atoms with Gasteiger partial charge in [-0.3, -0.25) is 9.59 Å². The highest BCUT2D eigenvalue weighted by Crippen LogP contribution is 2.34. The molecule has 3 aromatic rings. The number of carbonyl (C=O) groups is 2. The van der Waals surface area contributed by atoms with Gasteiger partial charge in [0.25, 0.3) is 5.91 Å². The molecule has 0 aliphatic carbocycles. The van der Waals surface area contributed by atoms with E-state index in [0.29, 0.717) is 49.1 Å². The monoisotopic (exact) mass is 448 g/mol. The molecule has 2 amide bonds. The Kier molecular flexibility index (Phi) is 6.35. The van der Waals surface area contributed by atoms with E-state index < -0.39 is 0 Å². The maximum absolute atomic E-state index is 13.6. The topological polar surface area (TPSA) is 76.9 Å². The molecule has 4 rings (SSSR count). The van der Waals surface area contributed by atoms with Gasteiger partial charge in [0.15, 0.2) is 0 Å². The maximum Gasteiger partial charge on any atom is 0.272 e. The van der Waals surface area contributed by atoms with Gasteiger partial charge < -0.3 is 19.3 Å². The Balaban J connectivity index is 1.75. The third-order valence-corrected chi connectivity index (χ3v) is 5.87. The van der Waals surface area contributed by atoms with E-state index >= 15 is 0 Å². The maximum atomic E-state index is 13.6. The Bertz CT molecular complexity index is 1180. The average Bonchev–Trinajstić information content (AvgIpc) is 3.28. The highest BCUT2D eigenvalue weighted by molar-refractivity contribution is 5.95. The fraction of sp³-hybridized carbons (Fsp3) is 0.320. The Labute approximate surface area is 193 Å². The summed E-state index contributed by atoms with van der Waals surface area (Å²) in [6.45, 7) is 5.58. The number of piperazine rings is 1. The Hall–Kier alpha value is -3.81. The van der Waals surface area contributed by atoms with Crippen molar-refractivity contribution in [2.45, 2.75) is 13.8 Å². The molecule has 0 N–H and O–H groups in total. The van der Waals surface area contributed by atoms with E-state index in [4.69, 9.17) is 14.6 Å².